The van der Waals surface area contributed by atoms with E-state index in [1.54, 1.807) is 0 Å². The Balaban J connectivity index is 1.06. The zero-order valence-electron chi connectivity index (χ0n) is 27.8. The first-order valence-corrected chi connectivity index (χ1v) is 19.3. The van der Waals surface area contributed by atoms with E-state index in [2.05, 4.69) is 169 Å². The molecule has 0 atom stereocenters. The standard InChI is InChI=1S/C48H31NS2/c1-2-8-38-31(7-1)13-16-33-17-14-32-15-18-34(27-42(32)48(33)38)30-19-21-35(22-20-30)49(36-24-26-46-43(28-36)40-10-4-6-12-45(40)50-46)37-23-25-41-39-9-3-5-11-44(39)51-47(41)29-37/h1-4,6-10,12-29H,5,11H2. The molecular weight excluding hydrogens is 655 g/mol. The highest BCUT2D eigenvalue weighted by atomic mass is 32.1. The van der Waals surface area contributed by atoms with Gasteiger partial charge in [0, 0.05) is 52.2 Å². The summed E-state index contributed by atoms with van der Waals surface area (Å²) in [5, 5.41) is 11.7. The number of nitrogens with zero attached hydrogens (tertiary/aromatic N) is 1. The van der Waals surface area contributed by atoms with E-state index in [0.717, 1.165) is 18.5 Å². The van der Waals surface area contributed by atoms with Gasteiger partial charge < -0.3 is 4.90 Å². The van der Waals surface area contributed by atoms with Crippen molar-refractivity contribution in [2.24, 2.45) is 0 Å². The van der Waals surface area contributed by atoms with Crippen molar-refractivity contribution >= 4 is 108 Å². The number of fused-ring (bicyclic) bond motifs is 11. The summed E-state index contributed by atoms with van der Waals surface area (Å²) in [6.07, 6.45) is 6.90. The smallest absolute Gasteiger partial charge is 0.0476 e. The lowest BCUT2D eigenvalue weighted by molar-refractivity contribution is 1.02. The number of rotatable bonds is 4. The fourth-order valence-electron chi connectivity index (χ4n) is 8.19. The molecule has 8 aromatic carbocycles. The second-order valence-electron chi connectivity index (χ2n) is 13.6. The average Bonchev–Trinajstić information content (AvgIpc) is 3.75. The average molecular weight is 686 g/mol. The number of allylic oxidation sites excluding steroid dienone is 1. The minimum absolute atomic E-state index is 1.13. The highest BCUT2D eigenvalue weighted by Gasteiger charge is 2.19. The Morgan fingerprint density at radius 3 is 2.02 bits per heavy atom. The van der Waals surface area contributed by atoms with Crippen LogP contribution in [0.25, 0.3) is 79.8 Å². The molecule has 0 unspecified atom stereocenters. The Morgan fingerprint density at radius 1 is 0.431 bits per heavy atom. The summed E-state index contributed by atoms with van der Waals surface area (Å²) >= 11 is 3.82. The third-order valence-corrected chi connectivity index (χ3v) is 13.1. The zero-order chi connectivity index (χ0) is 33.5. The topological polar surface area (TPSA) is 3.24 Å². The molecule has 1 nitrogen and oxygen atoms in total. The van der Waals surface area contributed by atoms with E-state index in [1.807, 2.05) is 22.7 Å². The Bertz CT molecular complexity index is 3030. The molecule has 51 heavy (non-hydrogen) atoms. The molecule has 10 aromatic rings. The second kappa shape index (κ2) is 11.4. The van der Waals surface area contributed by atoms with Gasteiger partial charge in [-0.05, 0) is 116 Å². The van der Waals surface area contributed by atoms with Crippen LogP contribution in [0.3, 0.4) is 0 Å². The fourth-order valence-corrected chi connectivity index (χ4v) is 10.5. The molecular formula is C48H31NS2. The summed E-state index contributed by atoms with van der Waals surface area (Å²) in [4.78, 5) is 3.94. The number of benzene rings is 8. The summed E-state index contributed by atoms with van der Waals surface area (Å²) in [7, 11) is 0. The SMILES string of the molecule is C1=Cc2c(sc3cc(N(c4ccc(-c5ccc6ccc7ccc8ccccc8c7c6c5)cc4)c4ccc5sc6ccccc6c5c4)ccc23)CC1. The number of anilines is 3. The molecule has 240 valence electrons. The molecule has 0 fully saturated rings. The van der Waals surface area contributed by atoms with E-state index in [4.69, 9.17) is 0 Å². The highest BCUT2D eigenvalue weighted by molar-refractivity contribution is 7.25. The summed E-state index contributed by atoms with van der Waals surface area (Å²) in [6, 6.07) is 56.6. The Kier molecular flexibility index (Phi) is 6.49. The summed E-state index contributed by atoms with van der Waals surface area (Å²) in [5.74, 6) is 0. The molecule has 0 amide bonds. The maximum absolute atomic E-state index is 2.43. The largest absolute Gasteiger partial charge is 0.310 e. The Morgan fingerprint density at radius 2 is 1.12 bits per heavy atom. The van der Waals surface area contributed by atoms with E-state index in [1.165, 1.54) is 95.5 Å². The van der Waals surface area contributed by atoms with Crippen LogP contribution in [0.1, 0.15) is 16.9 Å². The molecule has 11 rings (SSSR count). The van der Waals surface area contributed by atoms with Gasteiger partial charge in [0.05, 0.1) is 0 Å². The Labute approximate surface area is 303 Å². The predicted octanol–water partition coefficient (Wildman–Crippen LogP) is 14.8. The monoisotopic (exact) mass is 685 g/mol. The molecule has 0 bridgehead atoms. The lowest BCUT2D eigenvalue weighted by Gasteiger charge is -2.26. The molecule has 0 N–H and O–H groups in total. The van der Waals surface area contributed by atoms with Gasteiger partial charge in [-0.25, -0.2) is 0 Å². The first-order valence-electron chi connectivity index (χ1n) is 17.6. The molecule has 2 heterocycles. The van der Waals surface area contributed by atoms with Crippen molar-refractivity contribution in [3.05, 3.63) is 168 Å². The summed E-state index contributed by atoms with van der Waals surface area (Å²) in [6.45, 7) is 0. The molecule has 0 aliphatic heterocycles. The third kappa shape index (κ3) is 4.66. The zero-order valence-corrected chi connectivity index (χ0v) is 29.4. The number of aryl methyl sites for hydroxylation is 1. The molecule has 2 aromatic heterocycles. The van der Waals surface area contributed by atoms with Gasteiger partial charge in [-0.3, -0.25) is 0 Å². The maximum atomic E-state index is 2.43. The van der Waals surface area contributed by atoms with Crippen LogP contribution in [0.5, 0.6) is 0 Å². The van der Waals surface area contributed by atoms with Crippen LogP contribution in [0.2, 0.25) is 0 Å². The van der Waals surface area contributed by atoms with Gasteiger partial charge in [-0.2, -0.15) is 0 Å². The predicted molar refractivity (Wildman–Crippen MR) is 225 cm³/mol. The molecule has 0 saturated carbocycles. The normalized spacial score (nSPS) is 12.9. The van der Waals surface area contributed by atoms with Gasteiger partial charge in [0.25, 0.3) is 0 Å². The van der Waals surface area contributed by atoms with Gasteiger partial charge in [-0.1, -0.05) is 109 Å². The van der Waals surface area contributed by atoms with Gasteiger partial charge in [0.1, 0.15) is 0 Å². The Hall–Kier alpha value is -5.74. The lowest BCUT2D eigenvalue weighted by atomic mass is 9.94. The van der Waals surface area contributed by atoms with Crippen molar-refractivity contribution in [2.45, 2.75) is 12.8 Å². The molecule has 1 aliphatic carbocycles. The second-order valence-corrected chi connectivity index (χ2v) is 15.8. The lowest BCUT2D eigenvalue weighted by Crippen LogP contribution is -2.09. The minimum atomic E-state index is 1.13. The molecule has 0 spiro atoms. The van der Waals surface area contributed by atoms with Crippen LogP contribution in [0, 0.1) is 0 Å². The van der Waals surface area contributed by atoms with Crippen molar-refractivity contribution in [1.82, 2.24) is 0 Å². The minimum Gasteiger partial charge on any atom is -0.310 e. The van der Waals surface area contributed by atoms with Gasteiger partial charge in [0.15, 0.2) is 0 Å². The molecule has 0 saturated heterocycles. The fraction of sp³-hybridized carbons (Fsp3) is 0.0417. The number of thiophene rings is 2. The van der Waals surface area contributed by atoms with E-state index in [-0.39, 0.29) is 0 Å². The van der Waals surface area contributed by atoms with Crippen LogP contribution in [-0.4, -0.2) is 0 Å². The van der Waals surface area contributed by atoms with E-state index >= 15 is 0 Å². The van der Waals surface area contributed by atoms with Crippen LogP contribution >= 0.6 is 22.7 Å². The molecule has 1 aliphatic rings. The van der Waals surface area contributed by atoms with Gasteiger partial charge in [-0.15, -0.1) is 22.7 Å². The van der Waals surface area contributed by atoms with Crippen LogP contribution in [-0.2, 0) is 6.42 Å². The summed E-state index contributed by atoms with van der Waals surface area (Å²) < 4.78 is 4.00. The van der Waals surface area contributed by atoms with E-state index < -0.39 is 0 Å². The number of hydrogen-bond donors (Lipinski definition) is 0. The van der Waals surface area contributed by atoms with Crippen molar-refractivity contribution in [2.75, 3.05) is 4.90 Å². The maximum Gasteiger partial charge on any atom is 0.0476 e. The van der Waals surface area contributed by atoms with Crippen LogP contribution < -0.4 is 4.90 Å². The van der Waals surface area contributed by atoms with Gasteiger partial charge in [0.2, 0.25) is 0 Å². The van der Waals surface area contributed by atoms with E-state index in [9.17, 15) is 0 Å². The highest BCUT2D eigenvalue weighted by Crippen LogP contribution is 2.44. The number of hydrogen-bond acceptors (Lipinski definition) is 3. The van der Waals surface area contributed by atoms with Gasteiger partial charge >= 0.3 is 0 Å². The van der Waals surface area contributed by atoms with Crippen molar-refractivity contribution in [3.8, 4) is 11.1 Å². The first-order chi connectivity index (χ1) is 25.2. The van der Waals surface area contributed by atoms with E-state index in [0.29, 0.717) is 0 Å². The summed E-state index contributed by atoms with van der Waals surface area (Å²) in [5.41, 5.74) is 7.35. The first kappa shape index (κ1) is 29.0. The third-order valence-electron chi connectivity index (χ3n) is 10.7. The van der Waals surface area contributed by atoms with Crippen molar-refractivity contribution in [1.29, 1.82) is 0 Å². The quantitative estimate of drug-likeness (QED) is 0.167. The van der Waals surface area contributed by atoms with Crippen molar-refractivity contribution < 1.29 is 0 Å². The molecule has 3 heteroatoms. The van der Waals surface area contributed by atoms with Crippen LogP contribution in [0.15, 0.2) is 158 Å². The molecule has 0 radical (unpaired) electrons. The van der Waals surface area contributed by atoms with Crippen LogP contribution in [0.4, 0.5) is 17.1 Å². The van der Waals surface area contributed by atoms with Crippen molar-refractivity contribution in [3.63, 3.8) is 0 Å².